The van der Waals surface area contributed by atoms with Crippen LogP contribution < -0.4 is 0 Å². The van der Waals surface area contributed by atoms with E-state index in [1.807, 2.05) is 20.8 Å². The van der Waals surface area contributed by atoms with Crippen molar-refractivity contribution in [1.29, 1.82) is 0 Å². The van der Waals surface area contributed by atoms with E-state index in [9.17, 15) is 5.11 Å². The first-order valence-corrected chi connectivity index (χ1v) is 4.28. The molecule has 66 valence electrons. The Hall–Kier alpha value is -0.370. The number of aliphatic imine (C=N–C) groups is 1. The van der Waals surface area contributed by atoms with Crippen LogP contribution in [-0.4, -0.2) is 23.0 Å². The quantitative estimate of drug-likeness (QED) is 0.622. The summed E-state index contributed by atoms with van der Waals surface area (Å²) in [5.74, 6) is 0. The Bertz CT molecular complexity index is 138. The van der Waals surface area contributed by atoms with Crippen molar-refractivity contribution in [3.8, 4) is 0 Å². The third kappa shape index (κ3) is 3.51. The van der Waals surface area contributed by atoms with Crippen molar-refractivity contribution in [3.05, 3.63) is 0 Å². The summed E-state index contributed by atoms with van der Waals surface area (Å²) in [6, 6.07) is 0. The first-order valence-electron chi connectivity index (χ1n) is 4.28. The molecule has 0 heterocycles. The van der Waals surface area contributed by atoms with Crippen LogP contribution >= 0.6 is 0 Å². The molecule has 1 N–H and O–H groups in total. The van der Waals surface area contributed by atoms with E-state index >= 15 is 0 Å². The van der Waals surface area contributed by atoms with E-state index in [2.05, 4.69) is 11.9 Å². The number of hydrogen-bond donors (Lipinski definition) is 1. The Kier molecular flexibility index (Phi) is 4.34. The second-order valence-corrected chi connectivity index (χ2v) is 3.09. The molecule has 1 unspecified atom stereocenters. The number of rotatable bonds is 4. The molecule has 0 saturated carbocycles. The number of aliphatic hydroxyl groups is 1. The van der Waals surface area contributed by atoms with Crippen LogP contribution in [0.4, 0.5) is 0 Å². The van der Waals surface area contributed by atoms with Gasteiger partial charge in [0.15, 0.2) is 0 Å². The molecule has 0 saturated heterocycles. The molecule has 0 amide bonds. The van der Waals surface area contributed by atoms with Gasteiger partial charge in [-0.15, -0.1) is 0 Å². The summed E-state index contributed by atoms with van der Waals surface area (Å²) in [6.07, 6.45) is 1.77. The predicted octanol–water partition coefficient (Wildman–Crippen LogP) is 2.02. The zero-order valence-corrected chi connectivity index (χ0v) is 8.02. The molecular formula is C9H19NO. The van der Waals surface area contributed by atoms with E-state index in [4.69, 9.17) is 0 Å². The van der Waals surface area contributed by atoms with Crippen LogP contribution in [0.3, 0.4) is 0 Å². The molecule has 0 bridgehead atoms. The molecule has 0 radical (unpaired) electrons. The summed E-state index contributed by atoms with van der Waals surface area (Å²) in [5.41, 5.74) is 0.150. The average Bonchev–Trinajstić information content (AvgIpc) is 2.00. The third-order valence-corrected chi connectivity index (χ3v) is 2.04. The second kappa shape index (κ2) is 4.50. The maximum atomic E-state index is 9.69. The molecule has 2 heteroatoms. The Morgan fingerprint density at radius 1 is 1.45 bits per heavy atom. The van der Waals surface area contributed by atoms with Gasteiger partial charge in [0.05, 0.1) is 5.60 Å². The fraction of sp³-hybridized carbons (Fsp3) is 0.889. The molecule has 0 rings (SSSR count). The SMILES string of the molecule is CCCN=C(C)C(C)(O)CC. The van der Waals surface area contributed by atoms with Crippen molar-refractivity contribution in [2.75, 3.05) is 6.54 Å². The lowest BCUT2D eigenvalue weighted by Gasteiger charge is -2.20. The van der Waals surface area contributed by atoms with E-state index in [0.717, 1.165) is 25.1 Å². The van der Waals surface area contributed by atoms with Gasteiger partial charge in [0.1, 0.15) is 0 Å². The Morgan fingerprint density at radius 2 is 2.00 bits per heavy atom. The minimum Gasteiger partial charge on any atom is -0.384 e. The summed E-state index contributed by atoms with van der Waals surface area (Å²) < 4.78 is 0. The number of nitrogens with zero attached hydrogens (tertiary/aromatic N) is 1. The zero-order valence-electron chi connectivity index (χ0n) is 8.02. The van der Waals surface area contributed by atoms with Gasteiger partial charge in [-0.1, -0.05) is 13.8 Å². The third-order valence-electron chi connectivity index (χ3n) is 2.04. The van der Waals surface area contributed by atoms with Crippen LogP contribution in [0.15, 0.2) is 4.99 Å². The Morgan fingerprint density at radius 3 is 2.36 bits per heavy atom. The van der Waals surface area contributed by atoms with Crippen molar-refractivity contribution in [2.24, 2.45) is 4.99 Å². The van der Waals surface area contributed by atoms with E-state index in [-0.39, 0.29) is 0 Å². The topological polar surface area (TPSA) is 32.6 Å². The molecule has 0 spiro atoms. The first kappa shape index (κ1) is 10.6. The normalized spacial score (nSPS) is 18.1. The van der Waals surface area contributed by atoms with E-state index in [1.165, 1.54) is 0 Å². The minimum atomic E-state index is -0.699. The van der Waals surface area contributed by atoms with Gasteiger partial charge in [0.25, 0.3) is 0 Å². The maximum absolute atomic E-state index is 9.69. The lowest BCUT2D eigenvalue weighted by Crippen LogP contribution is -2.32. The largest absolute Gasteiger partial charge is 0.384 e. The maximum Gasteiger partial charge on any atom is 0.0988 e. The van der Waals surface area contributed by atoms with Crippen molar-refractivity contribution in [1.82, 2.24) is 0 Å². The summed E-state index contributed by atoms with van der Waals surface area (Å²) >= 11 is 0. The smallest absolute Gasteiger partial charge is 0.0988 e. The van der Waals surface area contributed by atoms with Crippen LogP contribution in [0.5, 0.6) is 0 Å². The van der Waals surface area contributed by atoms with E-state index < -0.39 is 5.60 Å². The van der Waals surface area contributed by atoms with Crippen LogP contribution in [0.2, 0.25) is 0 Å². The second-order valence-electron chi connectivity index (χ2n) is 3.09. The van der Waals surface area contributed by atoms with Gasteiger partial charge >= 0.3 is 0 Å². The van der Waals surface area contributed by atoms with Crippen molar-refractivity contribution in [2.45, 2.75) is 46.1 Å². The summed E-state index contributed by atoms with van der Waals surface area (Å²) in [4.78, 5) is 4.25. The Labute approximate surface area is 69.3 Å². The summed E-state index contributed by atoms with van der Waals surface area (Å²) in [5, 5.41) is 9.69. The molecule has 0 fully saturated rings. The van der Waals surface area contributed by atoms with E-state index in [1.54, 1.807) is 0 Å². The highest BCUT2D eigenvalue weighted by atomic mass is 16.3. The highest BCUT2D eigenvalue weighted by Crippen LogP contribution is 2.10. The average molecular weight is 157 g/mol. The molecule has 1 atom stereocenters. The van der Waals surface area contributed by atoms with Crippen LogP contribution in [0, 0.1) is 0 Å². The molecule has 0 aliphatic heterocycles. The standard InChI is InChI=1S/C9H19NO/c1-5-7-10-8(3)9(4,11)6-2/h11H,5-7H2,1-4H3. The molecule has 0 aromatic rings. The fourth-order valence-electron chi connectivity index (χ4n) is 0.706. The monoisotopic (exact) mass is 157 g/mol. The van der Waals surface area contributed by atoms with Gasteiger partial charge in [-0.25, -0.2) is 0 Å². The van der Waals surface area contributed by atoms with Crippen molar-refractivity contribution in [3.63, 3.8) is 0 Å². The summed E-state index contributed by atoms with van der Waals surface area (Å²) in [7, 11) is 0. The number of hydrogen-bond acceptors (Lipinski definition) is 2. The molecule has 0 aromatic heterocycles. The van der Waals surface area contributed by atoms with Crippen LogP contribution in [-0.2, 0) is 0 Å². The Balaban J connectivity index is 4.09. The van der Waals surface area contributed by atoms with Crippen molar-refractivity contribution >= 4 is 5.71 Å². The van der Waals surface area contributed by atoms with E-state index in [0.29, 0.717) is 0 Å². The van der Waals surface area contributed by atoms with Gasteiger partial charge in [0, 0.05) is 12.3 Å². The lowest BCUT2D eigenvalue weighted by molar-refractivity contribution is 0.127. The predicted molar refractivity (Wildman–Crippen MR) is 49.2 cm³/mol. The molecule has 2 nitrogen and oxygen atoms in total. The lowest BCUT2D eigenvalue weighted by atomic mass is 9.98. The van der Waals surface area contributed by atoms with Crippen LogP contribution in [0.25, 0.3) is 0 Å². The summed E-state index contributed by atoms with van der Waals surface area (Å²) in [6.45, 7) is 8.56. The van der Waals surface area contributed by atoms with Gasteiger partial charge in [-0.05, 0) is 26.7 Å². The first-order chi connectivity index (χ1) is 5.04. The van der Waals surface area contributed by atoms with Crippen molar-refractivity contribution < 1.29 is 5.11 Å². The highest BCUT2D eigenvalue weighted by Gasteiger charge is 2.20. The molecule has 11 heavy (non-hydrogen) atoms. The van der Waals surface area contributed by atoms with Gasteiger partial charge in [-0.2, -0.15) is 0 Å². The fourth-order valence-corrected chi connectivity index (χ4v) is 0.706. The highest BCUT2D eigenvalue weighted by molar-refractivity contribution is 5.89. The van der Waals surface area contributed by atoms with Gasteiger partial charge in [-0.3, -0.25) is 4.99 Å². The zero-order chi connectivity index (χ0) is 8.91. The molecule has 0 aromatic carbocycles. The molecule has 0 aliphatic rings. The molecular weight excluding hydrogens is 138 g/mol. The van der Waals surface area contributed by atoms with Gasteiger partial charge < -0.3 is 5.11 Å². The van der Waals surface area contributed by atoms with Gasteiger partial charge in [0.2, 0.25) is 0 Å². The minimum absolute atomic E-state index is 0.699. The molecule has 0 aliphatic carbocycles. The van der Waals surface area contributed by atoms with Crippen LogP contribution in [0.1, 0.15) is 40.5 Å².